The largest absolute Gasteiger partial charge is 0.496 e. The van der Waals surface area contributed by atoms with Gasteiger partial charge in [0, 0.05) is 5.56 Å². The second-order valence-electron chi connectivity index (χ2n) is 4.28. The van der Waals surface area contributed by atoms with Crippen molar-refractivity contribution < 1.29 is 23.9 Å². The molecule has 0 atom stereocenters. The topological polar surface area (TPSA) is 58.9 Å². The summed E-state index contributed by atoms with van der Waals surface area (Å²) >= 11 is 5.87. The summed E-state index contributed by atoms with van der Waals surface area (Å²) in [6.07, 6.45) is 0. The minimum Gasteiger partial charge on any atom is -0.496 e. The molecule has 110 valence electrons. The van der Waals surface area contributed by atoms with E-state index in [1.807, 2.05) is 0 Å². The van der Waals surface area contributed by atoms with Gasteiger partial charge in [0.1, 0.15) is 12.4 Å². The Labute approximate surface area is 126 Å². The number of para-hydroxylation sites is 1. The Morgan fingerprint density at radius 2 is 2.00 bits per heavy atom. The number of rotatable bonds is 5. The first-order valence-electron chi connectivity index (χ1n) is 6.12. The molecule has 2 aromatic rings. The third-order valence-electron chi connectivity index (χ3n) is 2.89. The van der Waals surface area contributed by atoms with Crippen molar-refractivity contribution in [2.75, 3.05) is 7.11 Å². The molecule has 0 aliphatic rings. The first-order valence-corrected chi connectivity index (χ1v) is 6.50. The van der Waals surface area contributed by atoms with Gasteiger partial charge in [-0.05, 0) is 23.7 Å². The van der Waals surface area contributed by atoms with E-state index in [-0.39, 0.29) is 22.8 Å². The first-order chi connectivity index (χ1) is 10.0. The zero-order valence-corrected chi connectivity index (χ0v) is 12.0. The highest BCUT2D eigenvalue weighted by Crippen LogP contribution is 2.29. The normalized spacial score (nSPS) is 10.3. The van der Waals surface area contributed by atoms with Gasteiger partial charge in [-0.3, -0.25) is 0 Å². The lowest BCUT2D eigenvalue weighted by atomic mass is 9.79. The molecule has 0 fully saturated rings. The summed E-state index contributed by atoms with van der Waals surface area (Å²) in [4.78, 5) is 0. The monoisotopic (exact) mass is 310 g/mol. The van der Waals surface area contributed by atoms with Crippen LogP contribution in [0.15, 0.2) is 36.4 Å². The van der Waals surface area contributed by atoms with Gasteiger partial charge in [0.2, 0.25) is 0 Å². The maximum absolute atomic E-state index is 13.6. The zero-order chi connectivity index (χ0) is 15.4. The zero-order valence-electron chi connectivity index (χ0n) is 11.2. The number of hydrogen-bond acceptors (Lipinski definition) is 4. The number of benzene rings is 2. The first kappa shape index (κ1) is 15.6. The Kier molecular flexibility index (Phi) is 5.06. The van der Waals surface area contributed by atoms with Gasteiger partial charge in [0.15, 0.2) is 11.6 Å². The van der Waals surface area contributed by atoms with Crippen LogP contribution in [0.5, 0.6) is 11.5 Å². The van der Waals surface area contributed by atoms with E-state index in [1.54, 1.807) is 6.07 Å². The molecule has 2 rings (SSSR count). The number of ether oxygens (including phenoxy) is 2. The van der Waals surface area contributed by atoms with Gasteiger partial charge >= 0.3 is 7.12 Å². The molecule has 0 amide bonds. The summed E-state index contributed by atoms with van der Waals surface area (Å²) in [5.74, 6) is -0.136. The third-order valence-corrected chi connectivity index (χ3v) is 3.19. The van der Waals surface area contributed by atoms with E-state index in [1.165, 1.54) is 37.4 Å². The fraction of sp³-hybridized carbons (Fsp3) is 0.143. The molecular weight excluding hydrogens is 297 g/mol. The number of hydrogen-bond donors (Lipinski definition) is 2. The summed E-state index contributed by atoms with van der Waals surface area (Å²) in [7, 11) is -0.129. The Hall–Kier alpha value is -1.76. The van der Waals surface area contributed by atoms with Crippen LogP contribution in [0.25, 0.3) is 0 Å². The highest BCUT2D eigenvalue weighted by Gasteiger charge is 2.15. The molecule has 0 spiro atoms. The fourth-order valence-electron chi connectivity index (χ4n) is 1.84. The molecule has 0 unspecified atom stereocenters. The van der Waals surface area contributed by atoms with Crippen molar-refractivity contribution in [2.24, 2.45) is 0 Å². The van der Waals surface area contributed by atoms with Gasteiger partial charge in [0.25, 0.3) is 0 Å². The van der Waals surface area contributed by atoms with Crippen molar-refractivity contribution in [3.05, 3.63) is 52.8 Å². The fourth-order valence-corrected chi connectivity index (χ4v) is 2.06. The van der Waals surface area contributed by atoms with E-state index in [4.69, 9.17) is 21.1 Å². The average Bonchev–Trinajstić information content (AvgIpc) is 2.46. The smallest absolute Gasteiger partial charge is 0.488 e. The van der Waals surface area contributed by atoms with E-state index in [9.17, 15) is 14.4 Å². The molecule has 0 bridgehead atoms. The Morgan fingerprint density at radius 3 is 2.62 bits per heavy atom. The quantitative estimate of drug-likeness (QED) is 0.826. The number of methoxy groups -OCH3 is 1. The SMILES string of the molecule is COc1ccc(B(O)O)cc1COc1c(F)cccc1Cl. The van der Waals surface area contributed by atoms with Crippen LogP contribution in [-0.4, -0.2) is 24.3 Å². The van der Waals surface area contributed by atoms with Crippen molar-refractivity contribution in [3.63, 3.8) is 0 Å². The summed E-state index contributed by atoms with van der Waals surface area (Å²) < 4.78 is 24.2. The molecule has 2 N–H and O–H groups in total. The molecule has 0 aliphatic heterocycles. The predicted molar refractivity (Wildman–Crippen MR) is 78.6 cm³/mol. The molecule has 4 nitrogen and oxygen atoms in total. The van der Waals surface area contributed by atoms with Crippen LogP contribution < -0.4 is 14.9 Å². The van der Waals surface area contributed by atoms with Crippen molar-refractivity contribution in [1.29, 1.82) is 0 Å². The van der Waals surface area contributed by atoms with Crippen molar-refractivity contribution in [3.8, 4) is 11.5 Å². The molecule has 0 heterocycles. The van der Waals surface area contributed by atoms with E-state index >= 15 is 0 Å². The van der Waals surface area contributed by atoms with Crippen LogP contribution >= 0.6 is 11.6 Å². The molecule has 0 radical (unpaired) electrons. The van der Waals surface area contributed by atoms with Crippen molar-refractivity contribution >= 4 is 24.2 Å². The minimum absolute atomic E-state index is 0.0234. The van der Waals surface area contributed by atoms with Gasteiger partial charge in [-0.15, -0.1) is 0 Å². The summed E-state index contributed by atoms with van der Waals surface area (Å²) in [5, 5.41) is 18.5. The highest BCUT2D eigenvalue weighted by molar-refractivity contribution is 6.58. The molecule has 2 aromatic carbocycles. The Bertz CT molecular complexity index is 616. The minimum atomic E-state index is -1.60. The van der Waals surface area contributed by atoms with E-state index in [2.05, 4.69) is 0 Å². The molecule has 7 heteroatoms. The summed E-state index contributed by atoms with van der Waals surface area (Å²) in [6, 6.07) is 8.85. The van der Waals surface area contributed by atoms with Gasteiger partial charge in [-0.25, -0.2) is 4.39 Å². The summed E-state index contributed by atoms with van der Waals surface area (Å²) in [5.41, 5.74) is 0.830. The highest BCUT2D eigenvalue weighted by atomic mass is 35.5. The van der Waals surface area contributed by atoms with Crippen LogP contribution in [-0.2, 0) is 6.61 Å². The van der Waals surface area contributed by atoms with Crippen LogP contribution in [0.2, 0.25) is 5.02 Å². The number of halogens is 2. The standard InChI is InChI=1S/C14H13BClFO4/c1-20-13-6-5-10(15(18)19)7-9(13)8-21-14-11(16)3-2-4-12(14)17/h2-7,18-19H,8H2,1H3. The van der Waals surface area contributed by atoms with Gasteiger partial charge in [0.05, 0.1) is 12.1 Å². The molecular formula is C14H13BClFO4. The van der Waals surface area contributed by atoms with Crippen LogP contribution in [0, 0.1) is 5.82 Å². The van der Waals surface area contributed by atoms with Crippen LogP contribution in [0.4, 0.5) is 4.39 Å². The van der Waals surface area contributed by atoms with Gasteiger partial charge in [-0.1, -0.05) is 29.8 Å². The lowest BCUT2D eigenvalue weighted by molar-refractivity contribution is 0.283. The molecule has 0 saturated carbocycles. The van der Waals surface area contributed by atoms with Crippen molar-refractivity contribution in [2.45, 2.75) is 6.61 Å². The molecule has 21 heavy (non-hydrogen) atoms. The molecule has 0 saturated heterocycles. The van der Waals surface area contributed by atoms with Crippen LogP contribution in [0.1, 0.15) is 5.56 Å². The van der Waals surface area contributed by atoms with Gasteiger partial charge < -0.3 is 19.5 Å². The van der Waals surface area contributed by atoms with E-state index < -0.39 is 12.9 Å². The Balaban J connectivity index is 2.24. The summed E-state index contributed by atoms with van der Waals surface area (Å²) in [6.45, 7) is -0.0234. The van der Waals surface area contributed by atoms with Gasteiger partial charge in [-0.2, -0.15) is 0 Å². The third kappa shape index (κ3) is 3.67. The molecule has 0 aliphatic carbocycles. The average molecular weight is 311 g/mol. The van der Waals surface area contributed by atoms with E-state index in [0.717, 1.165) is 0 Å². The predicted octanol–water partition coefficient (Wildman–Crippen LogP) is 1.75. The second-order valence-corrected chi connectivity index (χ2v) is 4.69. The lowest BCUT2D eigenvalue weighted by Crippen LogP contribution is -2.30. The maximum Gasteiger partial charge on any atom is 0.488 e. The maximum atomic E-state index is 13.6. The van der Waals surface area contributed by atoms with Crippen molar-refractivity contribution in [1.82, 2.24) is 0 Å². The van der Waals surface area contributed by atoms with E-state index in [0.29, 0.717) is 11.3 Å². The lowest BCUT2D eigenvalue weighted by Gasteiger charge is -2.13. The molecule has 0 aromatic heterocycles. The second kappa shape index (κ2) is 6.80. The Morgan fingerprint density at radius 1 is 1.24 bits per heavy atom. The van der Waals surface area contributed by atoms with Crippen LogP contribution in [0.3, 0.4) is 0 Å².